The molecular formula is C17H15IN+. The van der Waals surface area contributed by atoms with E-state index >= 15 is 0 Å². The highest BCUT2D eigenvalue weighted by Crippen LogP contribution is 2.10. The van der Waals surface area contributed by atoms with E-state index in [0.717, 1.165) is 13.0 Å². The van der Waals surface area contributed by atoms with Gasteiger partial charge in [0.2, 0.25) is 5.52 Å². The largest absolute Gasteiger partial charge is 0.212 e. The Kier molecular flexibility index (Phi) is 3.78. The molecule has 0 fully saturated rings. The first-order valence-electron chi connectivity index (χ1n) is 6.44. The first-order chi connectivity index (χ1) is 9.33. The Morgan fingerprint density at radius 3 is 2.42 bits per heavy atom. The van der Waals surface area contributed by atoms with Crippen molar-refractivity contribution >= 4 is 33.5 Å². The molecule has 19 heavy (non-hydrogen) atoms. The number of rotatable bonds is 3. The number of hydrogen-bond donors (Lipinski definition) is 0. The van der Waals surface area contributed by atoms with E-state index in [-0.39, 0.29) is 0 Å². The molecule has 0 saturated carbocycles. The zero-order chi connectivity index (χ0) is 13.1. The lowest BCUT2D eigenvalue weighted by molar-refractivity contribution is -0.670. The summed E-state index contributed by atoms with van der Waals surface area (Å²) in [4.78, 5) is 0. The quantitative estimate of drug-likeness (QED) is 0.492. The number of hydrogen-bond acceptors (Lipinski definition) is 0. The summed E-state index contributed by atoms with van der Waals surface area (Å²) in [6, 6.07) is 21.6. The van der Waals surface area contributed by atoms with E-state index in [1.165, 1.54) is 20.0 Å². The number of benzene rings is 2. The van der Waals surface area contributed by atoms with E-state index in [9.17, 15) is 0 Å². The SMILES string of the molecule is Ic1ccc(CC[n+]2cccc3ccccc32)cc1. The molecular weight excluding hydrogens is 345 g/mol. The van der Waals surface area contributed by atoms with Crippen molar-refractivity contribution in [2.45, 2.75) is 13.0 Å². The summed E-state index contributed by atoms with van der Waals surface area (Å²) < 4.78 is 3.62. The van der Waals surface area contributed by atoms with Crippen molar-refractivity contribution in [1.82, 2.24) is 0 Å². The Morgan fingerprint density at radius 1 is 0.842 bits per heavy atom. The zero-order valence-corrected chi connectivity index (χ0v) is 12.7. The minimum absolute atomic E-state index is 1.02. The highest BCUT2D eigenvalue weighted by molar-refractivity contribution is 14.1. The summed E-state index contributed by atoms with van der Waals surface area (Å²) in [5, 5.41) is 1.30. The van der Waals surface area contributed by atoms with Gasteiger partial charge in [0.05, 0.1) is 0 Å². The molecule has 1 nitrogen and oxygen atoms in total. The summed E-state index contributed by atoms with van der Waals surface area (Å²) in [6.45, 7) is 1.02. The van der Waals surface area contributed by atoms with Gasteiger partial charge in [-0.05, 0) is 52.4 Å². The van der Waals surface area contributed by atoms with Crippen LogP contribution in [0, 0.1) is 3.57 Å². The lowest BCUT2D eigenvalue weighted by Crippen LogP contribution is -2.35. The molecule has 0 unspecified atom stereocenters. The normalized spacial score (nSPS) is 10.8. The number of para-hydroxylation sites is 1. The Bertz CT molecular complexity index is 684. The molecule has 94 valence electrons. The van der Waals surface area contributed by atoms with Crippen LogP contribution in [0.15, 0.2) is 66.9 Å². The number of pyridine rings is 1. The molecule has 0 aliphatic carbocycles. The highest BCUT2D eigenvalue weighted by Gasteiger charge is 2.07. The Hall–Kier alpha value is -1.42. The third-order valence-electron chi connectivity index (χ3n) is 3.34. The van der Waals surface area contributed by atoms with Crippen LogP contribution < -0.4 is 4.57 Å². The van der Waals surface area contributed by atoms with Gasteiger partial charge >= 0.3 is 0 Å². The Morgan fingerprint density at radius 2 is 1.58 bits per heavy atom. The van der Waals surface area contributed by atoms with Gasteiger partial charge in [0.1, 0.15) is 0 Å². The number of fused-ring (bicyclic) bond motifs is 1. The lowest BCUT2D eigenvalue weighted by Gasteiger charge is -2.02. The molecule has 0 radical (unpaired) electrons. The Balaban J connectivity index is 1.84. The minimum Gasteiger partial charge on any atom is -0.198 e. The van der Waals surface area contributed by atoms with Crippen LogP contribution in [0.1, 0.15) is 5.56 Å². The molecule has 2 heteroatoms. The molecule has 0 saturated heterocycles. The van der Waals surface area contributed by atoms with Crippen molar-refractivity contribution in [1.29, 1.82) is 0 Å². The van der Waals surface area contributed by atoms with Crippen molar-refractivity contribution in [3.8, 4) is 0 Å². The van der Waals surface area contributed by atoms with Crippen LogP contribution in [0.25, 0.3) is 10.9 Å². The average molecular weight is 360 g/mol. The number of aromatic nitrogens is 1. The van der Waals surface area contributed by atoms with Crippen LogP contribution in [0.3, 0.4) is 0 Å². The standard InChI is InChI=1S/C17H15IN/c18-16-9-7-14(8-10-16)11-13-19-12-3-5-15-4-1-2-6-17(15)19/h1-10,12H,11,13H2/q+1. The summed E-state index contributed by atoms with van der Waals surface area (Å²) in [5.41, 5.74) is 2.69. The molecule has 2 aromatic carbocycles. The fraction of sp³-hybridized carbons (Fsp3) is 0.118. The fourth-order valence-electron chi connectivity index (χ4n) is 2.32. The van der Waals surface area contributed by atoms with E-state index in [2.05, 4.69) is 94.0 Å². The topological polar surface area (TPSA) is 3.88 Å². The molecule has 0 spiro atoms. The predicted octanol–water partition coefficient (Wildman–Crippen LogP) is 3.97. The van der Waals surface area contributed by atoms with Crippen molar-refractivity contribution < 1.29 is 4.57 Å². The average Bonchev–Trinajstić information content (AvgIpc) is 2.47. The number of aryl methyl sites for hydroxylation is 2. The minimum atomic E-state index is 1.02. The first-order valence-corrected chi connectivity index (χ1v) is 7.52. The molecule has 0 aliphatic rings. The molecule has 1 heterocycles. The van der Waals surface area contributed by atoms with Crippen LogP contribution >= 0.6 is 22.6 Å². The highest BCUT2D eigenvalue weighted by atomic mass is 127. The van der Waals surface area contributed by atoms with E-state index in [1.54, 1.807) is 0 Å². The zero-order valence-electron chi connectivity index (χ0n) is 10.6. The van der Waals surface area contributed by atoms with Gasteiger partial charge in [-0.3, -0.25) is 0 Å². The van der Waals surface area contributed by atoms with E-state index in [0.29, 0.717) is 0 Å². The van der Waals surface area contributed by atoms with Gasteiger partial charge in [-0.1, -0.05) is 24.3 Å². The summed E-state index contributed by atoms with van der Waals surface area (Å²) in [5.74, 6) is 0. The van der Waals surface area contributed by atoms with E-state index < -0.39 is 0 Å². The van der Waals surface area contributed by atoms with Gasteiger partial charge < -0.3 is 0 Å². The number of halogens is 1. The molecule has 0 aliphatic heterocycles. The second kappa shape index (κ2) is 5.70. The van der Waals surface area contributed by atoms with Crippen molar-refractivity contribution in [2.75, 3.05) is 0 Å². The van der Waals surface area contributed by atoms with Crippen molar-refractivity contribution in [3.63, 3.8) is 0 Å². The van der Waals surface area contributed by atoms with Crippen molar-refractivity contribution in [2.24, 2.45) is 0 Å². The van der Waals surface area contributed by atoms with Crippen LogP contribution in [0.5, 0.6) is 0 Å². The summed E-state index contributed by atoms with van der Waals surface area (Å²) >= 11 is 2.34. The van der Waals surface area contributed by atoms with Gasteiger partial charge in [0.25, 0.3) is 0 Å². The third kappa shape index (κ3) is 2.95. The predicted molar refractivity (Wildman–Crippen MR) is 87.0 cm³/mol. The van der Waals surface area contributed by atoms with Gasteiger partial charge in [0.15, 0.2) is 12.7 Å². The van der Waals surface area contributed by atoms with Gasteiger partial charge in [-0.25, -0.2) is 0 Å². The van der Waals surface area contributed by atoms with Gasteiger partial charge in [-0.15, -0.1) is 0 Å². The van der Waals surface area contributed by atoms with Crippen LogP contribution in [0.4, 0.5) is 0 Å². The van der Waals surface area contributed by atoms with Crippen LogP contribution in [-0.2, 0) is 13.0 Å². The third-order valence-corrected chi connectivity index (χ3v) is 4.06. The van der Waals surface area contributed by atoms with Crippen LogP contribution in [0.2, 0.25) is 0 Å². The lowest BCUT2D eigenvalue weighted by atomic mass is 10.1. The number of nitrogens with zero attached hydrogens (tertiary/aromatic N) is 1. The van der Waals surface area contributed by atoms with E-state index in [1.807, 2.05) is 0 Å². The maximum Gasteiger partial charge on any atom is 0.212 e. The second-order valence-corrected chi connectivity index (χ2v) is 5.88. The molecule has 3 rings (SSSR count). The van der Waals surface area contributed by atoms with Gasteiger partial charge in [0, 0.05) is 27.5 Å². The Labute approximate surface area is 127 Å². The second-order valence-electron chi connectivity index (χ2n) is 4.64. The fourth-order valence-corrected chi connectivity index (χ4v) is 2.68. The molecule has 1 aromatic heterocycles. The molecule has 0 amide bonds. The van der Waals surface area contributed by atoms with Gasteiger partial charge in [-0.2, -0.15) is 4.57 Å². The molecule has 3 aromatic rings. The maximum absolute atomic E-state index is 2.34. The first kappa shape index (κ1) is 12.6. The summed E-state index contributed by atoms with van der Waals surface area (Å²) in [6.07, 6.45) is 3.23. The van der Waals surface area contributed by atoms with Crippen LogP contribution in [-0.4, -0.2) is 0 Å². The molecule has 0 N–H and O–H groups in total. The monoisotopic (exact) mass is 360 g/mol. The summed E-state index contributed by atoms with van der Waals surface area (Å²) in [7, 11) is 0. The van der Waals surface area contributed by atoms with Crippen molar-refractivity contribution in [3.05, 3.63) is 76.0 Å². The van der Waals surface area contributed by atoms with E-state index in [4.69, 9.17) is 0 Å². The molecule has 0 bridgehead atoms. The maximum atomic E-state index is 2.34. The molecule has 0 atom stereocenters. The smallest absolute Gasteiger partial charge is 0.198 e.